The molecule has 2 aliphatic rings. The summed E-state index contributed by atoms with van der Waals surface area (Å²) >= 11 is 1.94. The highest BCUT2D eigenvalue weighted by molar-refractivity contribution is 7.22. The summed E-state index contributed by atoms with van der Waals surface area (Å²) in [6.45, 7) is 0. The Morgan fingerprint density at radius 1 is 0.303 bits per heavy atom. The number of hydrogen-bond donors (Lipinski definition) is 0. The molecule has 0 saturated heterocycles. The standard InChI is InChI=1S/C63H38N2S/c1-7-22-53-45(14-1)46-37-32-41(39-28-33-42(34-29-39)64-55-23-8-2-15-47(55)48-16-3-9-24-56(48)64)38-54(46)63(53)60-44(20-13-21-52(60)62-61(63)51-19-6-12-27-59(51)66-62)40-30-35-43(36-31-40)65-57-25-10-4-17-49(57)50-18-5-11-26-58(50)65/h1-38H. The molecule has 1 unspecified atom stereocenters. The Kier molecular flexibility index (Phi) is 7.34. The van der Waals surface area contributed by atoms with E-state index in [1.165, 1.54) is 120 Å². The summed E-state index contributed by atoms with van der Waals surface area (Å²) in [6, 6.07) is 86.1. The molecule has 0 amide bonds. The van der Waals surface area contributed by atoms with Crippen LogP contribution < -0.4 is 0 Å². The summed E-state index contributed by atoms with van der Waals surface area (Å²) in [7, 11) is 0. The second-order valence-electron chi connectivity index (χ2n) is 17.9. The highest BCUT2D eigenvalue weighted by Gasteiger charge is 2.54. The lowest BCUT2D eigenvalue weighted by Gasteiger charge is -2.32. The van der Waals surface area contributed by atoms with E-state index in [1.54, 1.807) is 0 Å². The van der Waals surface area contributed by atoms with E-state index in [1.807, 2.05) is 11.3 Å². The van der Waals surface area contributed by atoms with Crippen molar-refractivity contribution in [3.8, 4) is 55.2 Å². The van der Waals surface area contributed by atoms with E-state index >= 15 is 0 Å². The van der Waals surface area contributed by atoms with Gasteiger partial charge >= 0.3 is 0 Å². The van der Waals surface area contributed by atoms with Gasteiger partial charge in [-0.3, -0.25) is 0 Å². The van der Waals surface area contributed by atoms with E-state index in [9.17, 15) is 0 Å². The van der Waals surface area contributed by atoms with Crippen molar-refractivity contribution in [2.45, 2.75) is 5.41 Å². The maximum Gasteiger partial charge on any atom is 0.0746 e. The number of rotatable bonds is 4. The average molecular weight is 855 g/mol. The molecule has 10 aromatic carbocycles. The van der Waals surface area contributed by atoms with Crippen LogP contribution >= 0.6 is 11.3 Å². The minimum absolute atomic E-state index is 0.531. The third kappa shape index (κ3) is 4.69. The quantitative estimate of drug-likeness (QED) is 0.167. The number of aromatic nitrogens is 2. The maximum atomic E-state index is 2.53. The van der Waals surface area contributed by atoms with Gasteiger partial charge in [-0.25, -0.2) is 0 Å². The van der Waals surface area contributed by atoms with Crippen molar-refractivity contribution in [2.75, 3.05) is 0 Å². The van der Waals surface area contributed by atoms with E-state index < -0.39 is 5.41 Å². The molecule has 3 heteroatoms. The Morgan fingerprint density at radius 2 is 0.758 bits per heavy atom. The van der Waals surface area contributed by atoms with Gasteiger partial charge in [0.2, 0.25) is 0 Å². The second-order valence-corrected chi connectivity index (χ2v) is 19.0. The molecule has 0 radical (unpaired) electrons. The van der Waals surface area contributed by atoms with Gasteiger partial charge in [0.05, 0.1) is 27.5 Å². The lowest BCUT2D eigenvalue weighted by Crippen LogP contribution is -2.26. The van der Waals surface area contributed by atoms with Gasteiger partial charge in [0.1, 0.15) is 0 Å². The monoisotopic (exact) mass is 854 g/mol. The average Bonchev–Trinajstić information content (AvgIpc) is 4.17. The molecule has 3 heterocycles. The van der Waals surface area contributed by atoms with Crippen LogP contribution in [-0.4, -0.2) is 9.13 Å². The Morgan fingerprint density at radius 3 is 1.36 bits per heavy atom. The zero-order chi connectivity index (χ0) is 43.1. The molecule has 2 aliphatic carbocycles. The summed E-state index contributed by atoms with van der Waals surface area (Å²) in [5, 5.41) is 6.43. The fourth-order valence-corrected chi connectivity index (χ4v) is 13.4. The molecule has 1 spiro atoms. The van der Waals surface area contributed by atoms with Crippen molar-refractivity contribution in [1.82, 2.24) is 9.13 Å². The van der Waals surface area contributed by atoms with Gasteiger partial charge in [-0.15, -0.1) is 11.3 Å². The third-order valence-corrected chi connectivity index (χ3v) is 16.0. The van der Waals surface area contributed by atoms with Gasteiger partial charge in [0.25, 0.3) is 0 Å². The molecule has 0 bridgehead atoms. The molecule has 306 valence electrons. The predicted molar refractivity (Wildman–Crippen MR) is 278 cm³/mol. The predicted octanol–water partition coefficient (Wildman–Crippen LogP) is 16.8. The summed E-state index contributed by atoms with van der Waals surface area (Å²) < 4.78 is 6.14. The summed E-state index contributed by atoms with van der Waals surface area (Å²) in [6.07, 6.45) is 0. The van der Waals surface area contributed by atoms with E-state index in [0.717, 1.165) is 11.4 Å². The third-order valence-electron chi connectivity index (χ3n) is 14.8. The van der Waals surface area contributed by atoms with Crippen molar-refractivity contribution in [3.05, 3.63) is 253 Å². The molecule has 0 saturated carbocycles. The maximum absolute atomic E-state index is 2.53. The number of fused-ring (bicyclic) bond motifs is 18. The Hall–Kier alpha value is -8.24. The molecule has 1 atom stereocenters. The fraction of sp³-hybridized carbons (Fsp3) is 0.0159. The molecule has 0 N–H and O–H groups in total. The van der Waals surface area contributed by atoms with Crippen LogP contribution in [0.15, 0.2) is 231 Å². The molecule has 0 aliphatic heterocycles. The van der Waals surface area contributed by atoms with Crippen molar-refractivity contribution < 1.29 is 0 Å². The second kappa shape index (κ2) is 13.4. The summed E-state index contributed by atoms with van der Waals surface area (Å²) in [4.78, 5) is 1.37. The van der Waals surface area contributed by atoms with Crippen LogP contribution in [-0.2, 0) is 5.41 Å². The molecule has 3 aromatic heterocycles. The lowest BCUT2D eigenvalue weighted by molar-refractivity contribution is 0.805. The van der Waals surface area contributed by atoms with Crippen LogP contribution in [0.4, 0.5) is 0 Å². The van der Waals surface area contributed by atoms with E-state index in [0.29, 0.717) is 0 Å². The van der Waals surface area contributed by atoms with Crippen LogP contribution in [0.2, 0.25) is 0 Å². The number of benzene rings is 10. The van der Waals surface area contributed by atoms with Crippen molar-refractivity contribution in [2.24, 2.45) is 0 Å². The van der Waals surface area contributed by atoms with Gasteiger partial charge < -0.3 is 9.13 Å². The minimum atomic E-state index is -0.531. The van der Waals surface area contributed by atoms with Gasteiger partial charge in [0.15, 0.2) is 0 Å². The topological polar surface area (TPSA) is 9.86 Å². The van der Waals surface area contributed by atoms with Crippen LogP contribution in [0, 0.1) is 0 Å². The Labute approximate surface area is 385 Å². The molecular formula is C63H38N2S. The summed E-state index contributed by atoms with van der Waals surface area (Å²) in [5.74, 6) is 0. The largest absolute Gasteiger partial charge is 0.309 e. The van der Waals surface area contributed by atoms with Crippen molar-refractivity contribution in [3.63, 3.8) is 0 Å². The fourth-order valence-electron chi connectivity index (χ4n) is 12.1. The van der Waals surface area contributed by atoms with E-state index in [-0.39, 0.29) is 0 Å². The van der Waals surface area contributed by atoms with Gasteiger partial charge in [0, 0.05) is 42.5 Å². The molecule has 66 heavy (non-hydrogen) atoms. The van der Waals surface area contributed by atoms with Crippen LogP contribution in [0.25, 0.3) is 109 Å². The van der Waals surface area contributed by atoms with Gasteiger partial charge in [-0.2, -0.15) is 0 Å². The zero-order valence-corrected chi connectivity index (χ0v) is 36.6. The van der Waals surface area contributed by atoms with Crippen LogP contribution in [0.1, 0.15) is 22.3 Å². The highest BCUT2D eigenvalue weighted by atomic mass is 32.1. The SMILES string of the molecule is c1ccc2c(c1)-c1ccc(-c3ccc(-n4c5ccccc5c5ccccc54)cc3)cc1C21c2c(-c3ccc(-n4c5ccccc5c5ccccc54)cc3)cccc2-c2sc3ccccc3c21. The van der Waals surface area contributed by atoms with Crippen molar-refractivity contribution >= 4 is 65.0 Å². The zero-order valence-electron chi connectivity index (χ0n) is 35.7. The van der Waals surface area contributed by atoms with Gasteiger partial charge in [-0.05, 0) is 127 Å². The number of nitrogens with zero attached hydrogens (tertiary/aromatic N) is 2. The highest BCUT2D eigenvalue weighted by Crippen LogP contribution is 2.67. The van der Waals surface area contributed by atoms with Crippen molar-refractivity contribution in [1.29, 1.82) is 0 Å². The first kappa shape index (κ1) is 36.1. The number of para-hydroxylation sites is 4. The molecule has 13 aromatic rings. The van der Waals surface area contributed by atoms with E-state index in [4.69, 9.17) is 0 Å². The Balaban J connectivity index is 0.938. The minimum Gasteiger partial charge on any atom is -0.309 e. The molecule has 2 nitrogen and oxygen atoms in total. The summed E-state index contributed by atoms with van der Waals surface area (Å²) in [5.41, 5.74) is 21.1. The Bertz CT molecular complexity index is 4050. The smallest absolute Gasteiger partial charge is 0.0746 e. The first-order valence-corrected chi connectivity index (χ1v) is 23.7. The van der Waals surface area contributed by atoms with E-state index in [2.05, 4.69) is 240 Å². The molecular weight excluding hydrogens is 817 g/mol. The number of hydrogen-bond acceptors (Lipinski definition) is 1. The van der Waals surface area contributed by atoms with Crippen LogP contribution in [0.5, 0.6) is 0 Å². The first-order chi connectivity index (χ1) is 32.8. The normalized spacial score (nSPS) is 14.7. The van der Waals surface area contributed by atoms with Gasteiger partial charge in [-0.1, -0.05) is 170 Å². The van der Waals surface area contributed by atoms with Crippen LogP contribution in [0.3, 0.4) is 0 Å². The first-order valence-electron chi connectivity index (χ1n) is 22.8. The molecule has 15 rings (SSSR count). The molecule has 0 fully saturated rings. The lowest BCUT2D eigenvalue weighted by atomic mass is 9.68. The number of thiophene rings is 1.